The predicted molar refractivity (Wildman–Crippen MR) is 177 cm³/mol. The lowest BCUT2D eigenvalue weighted by Crippen LogP contribution is -2.39. The quantitative estimate of drug-likeness (QED) is 0.146. The minimum Gasteiger partial charge on any atom is -0.494 e. The number of unbranched alkanes of at least 4 members (excludes halogenated alkanes) is 1. The van der Waals surface area contributed by atoms with Crippen LogP contribution in [-0.2, 0) is 11.2 Å². The van der Waals surface area contributed by atoms with E-state index in [9.17, 15) is 13.6 Å². The second-order valence-electron chi connectivity index (χ2n) is 14.0. The smallest absolute Gasteiger partial charge is 0.230 e. The molecule has 3 N–H and O–H groups in total. The largest absolute Gasteiger partial charge is 0.494 e. The molecule has 46 heavy (non-hydrogen) atoms. The van der Waals surface area contributed by atoms with Gasteiger partial charge in [0.05, 0.1) is 24.2 Å². The number of carbonyl (C=O) groups is 1. The third-order valence-electron chi connectivity index (χ3n) is 8.33. The van der Waals surface area contributed by atoms with Crippen LogP contribution in [0.2, 0.25) is 0 Å². The zero-order valence-electron chi connectivity index (χ0n) is 27.5. The molecule has 1 aliphatic rings. The predicted octanol–water partition coefficient (Wildman–Crippen LogP) is 7.66. The van der Waals surface area contributed by atoms with E-state index in [-0.39, 0.29) is 22.9 Å². The number of likely N-dealkylation sites (tertiary alicyclic amines) is 1. The summed E-state index contributed by atoms with van der Waals surface area (Å²) in [7, 11) is 0. The number of amides is 1. The maximum atomic E-state index is 13.9. The number of halogens is 2. The van der Waals surface area contributed by atoms with Gasteiger partial charge in [0.2, 0.25) is 5.91 Å². The van der Waals surface area contributed by atoms with E-state index >= 15 is 0 Å². The van der Waals surface area contributed by atoms with Crippen LogP contribution in [0.25, 0.3) is 10.9 Å². The Morgan fingerprint density at radius 2 is 1.87 bits per heavy atom. The van der Waals surface area contributed by atoms with Crippen molar-refractivity contribution < 1.29 is 18.3 Å². The van der Waals surface area contributed by atoms with Gasteiger partial charge in [0.1, 0.15) is 17.9 Å². The summed E-state index contributed by atoms with van der Waals surface area (Å²) in [6.07, 6.45) is 4.60. The Hall–Kier alpha value is -4.12. The van der Waals surface area contributed by atoms with Crippen LogP contribution in [0.5, 0.6) is 5.75 Å². The molecule has 0 spiro atoms. The average Bonchev–Trinajstić information content (AvgIpc) is 3.62. The van der Waals surface area contributed by atoms with Gasteiger partial charge in [-0.2, -0.15) is 5.10 Å². The zero-order valence-corrected chi connectivity index (χ0v) is 27.5. The van der Waals surface area contributed by atoms with Gasteiger partial charge in [-0.3, -0.25) is 14.8 Å². The number of aromatic nitrogens is 4. The molecule has 1 saturated heterocycles. The van der Waals surface area contributed by atoms with E-state index in [4.69, 9.17) is 4.74 Å². The average molecular weight is 633 g/mol. The summed E-state index contributed by atoms with van der Waals surface area (Å²) in [5.74, 6) is -0.298. The molecule has 2 aromatic carbocycles. The van der Waals surface area contributed by atoms with E-state index in [1.54, 1.807) is 12.1 Å². The number of anilines is 3. The molecule has 5 rings (SSSR count). The number of nitrogens with one attached hydrogen (secondary N) is 3. The van der Waals surface area contributed by atoms with Gasteiger partial charge in [0.25, 0.3) is 0 Å². The van der Waals surface area contributed by atoms with Crippen molar-refractivity contribution in [3.05, 3.63) is 72.2 Å². The molecule has 1 radical (unpaired) electrons. The summed E-state index contributed by atoms with van der Waals surface area (Å²) in [5.41, 5.74) is 1.41. The topological polar surface area (TPSA) is 108 Å². The fraction of sp³-hybridized carbons (Fsp3) is 0.457. The number of H-pyrrole nitrogens is 1. The van der Waals surface area contributed by atoms with E-state index in [0.29, 0.717) is 29.9 Å². The van der Waals surface area contributed by atoms with Gasteiger partial charge in [-0.1, -0.05) is 47.6 Å². The third kappa shape index (κ3) is 7.99. The Kier molecular flexibility index (Phi) is 9.91. The van der Waals surface area contributed by atoms with Crippen molar-refractivity contribution in [2.24, 2.45) is 16.7 Å². The molecule has 0 aliphatic carbocycles. The molecule has 1 fully saturated rings. The molecule has 1 amide bonds. The van der Waals surface area contributed by atoms with E-state index < -0.39 is 17.5 Å². The van der Waals surface area contributed by atoms with Crippen LogP contribution in [0, 0.1) is 34.4 Å². The van der Waals surface area contributed by atoms with Crippen molar-refractivity contribution in [3.63, 3.8) is 0 Å². The van der Waals surface area contributed by atoms with Crippen LogP contribution in [0.1, 0.15) is 66.5 Å². The second-order valence-corrected chi connectivity index (χ2v) is 14.0. The number of hydrogen-bond donors (Lipinski definition) is 3. The highest BCUT2D eigenvalue weighted by atomic mass is 19.2. The number of hydrogen-bond acceptors (Lipinski definition) is 7. The van der Waals surface area contributed by atoms with E-state index in [0.717, 1.165) is 48.6 Å². The number of fused-ring (bicyclic) bond motifs is 1. The van der Waals surface area contributed by atoms with Crippen molar-refractivity contribution >= 4 is 34.1 Å². The van der Waals surface area contributed by atoms with Crippen LogP contribution in [0.15, 0.2) is 48.8 Å². The fourth-order valence-electron chi connectivity index (χ4n) is 6.26. The van der Waals surface area contributed by atoms with Crippen molar-refractivity contribution in [2.75, 3.05) is 30.3 Å². The summed E-state index contributed by atoms with van der Waals surface area (Å²) < 4.78 is 33.4. The van der Waals surface area contributed by atoms with Gasteiger partial charge in [0.15, 0.2) is 17.5 Å². The molecule has 245 valence electrons. The lowest BCUT2D eigenvalue weighted by molar-refractivity contribution is -0.115. The zero-order chi connectivity index (χ0) is 33.1. The van der Waals surface area contributed by atoms with Gasteiger partial charge in [-0.15, -0.1) is 0 Å². The number of rotatable bonds is 11. The highest BCUT2D eigenvalue weighted by Gasteiger charge is 2.46. The minimum atomic E-state index is -1.10. The summed E-state index contributed by atoms with van der Waals surface area (Å²) in [6, 6.07) is 12.6. The summed E-state index contributed by atoms with van der Waals surface area (Å²) >= 11 is 0. The normalized spacial score (nSPS) is 16.2. The molecule has 1 atom stereocenters. The first-order valence-electron chi connectivity index (χ1n) is 15.8. The summed E-state index contributed by atoms with van der Waals surface area (Å²) in [5, 5.41) is 13.3. The highest BCUT2D eigenvalue weighted by molar-refractivity contribution is 5.93. The van der Waals surface area contributed by atoms with Crippen molar-refractivity contribution in [2.45, 2.75) is 67.2 Å². The van der Waals surface area contributed by atoms with Crippen molar-refractivity contribution in [1.82, 2.24) is 25.1 Å². The molecule has 1 aliphatic heterocycles. The number of carbonyl (C=O) groups excluding carboxylic acids is 1. The van der Waals surface area contributed by atoms with Crippen molar-refractivity contribution in [1.29, 1.82) is 0 Å². The first-order valence-corrected chi connectivity index (χ1v) is 15.8. The van der Waals surface area contributed by atoms with Gasteiger partial charge in [-0.25, -0.2) is 18.7 Å². The molecule has 11 heteroatoms. The Bertz CT molecular complexity index is 1660. The lowest BCUT2D eigenvalue weighted by Gasteiger charge is -2.42. The molecule has 0 bridgehead atoms. The van der Waals surface area contributed by atoms with Crippen LogP contribution < -0.4 is 15.4 Å². The third-order valence-corrected chi connectivity index (χ3v) is 8.33. The molecular formula is C35H44F2N7O2. The van der Waals surface area contributed by atoms with Gasteiger partial charge in [0, 0.05) is 29.3 Å². The molecule has 3 heterocycles. The Morgan fingerprint density at radius 1 is 1.07 bits per heavy atom. The maximum Gasteiger partial charge on any atom is 0.230 e. The number of ether oxygens (including phenoxy) is 1. The molecule has 4 aromatic rings. The molecular weight excluding hydrogens is 588 g/mol. The fourth-order valence-corrected chi connectivity index (χ4v) is 6.26. The monoisotopic (exact) mass is 632 g/mol. The first kappa shape index (κ1) is 33.2. The Morgan fingerprint density at radius 3 is 2.63 bits per heavy atom. The number of aromatic amines is 1. The van der Waals surface area contributed by atoms with E-state index in [1.807, 2.05) is 18.2 Å². The standard InChI is InChI=1S/C35H44F2N7O2/c1-34(2,3)25-14-16-44(32(25)35(4,5)6)15-7-8-17-46-23-12-13-24-28(20-23)38-21-39-33(24)41-29-18-22(42-43-29)19-30(45)40-27-11-9-10-26(36)31(27)37/h9-13,18,20-21,25H,7-8,14-17,19H2,1-6H3,(H,40,45)(H2,38,39,41,42,43). The van der Waals surface area contributed by atoms with Crippen LogP contribution in [0.4, 0.5) is 26.1 Å². The van der Waals surface area contributed by atoms with Gasteiger partial charge in [-0.05, 0) is 73.4 Å². The molecule has 1 unspecified atom stereocenters. The van der Waals surface area contributed by atoms with Crippen LogP contribution in [-0.4, -0.2) is 50.7 Å². The molecule has 9 nitrogen and oxygen atoms in total. The summed E-state index contributed by atoms with van der Waals surface area (Å²) in [4.78, 5) is 23.8. The maximum absolute atomic E-state index is 13.9. The van der Waals surface area contributed by atoms with Gasteiger partial charge >= 0.3 is 0 Å². The van der Waals surface area contributed by atoms with Gasteiger partial charge < -0.3 is 15.4 Å². The Labute approximate surface area is 269 Å². The number of benzene rings is 2. The van der Waals surface area contributed by atoms with Crippen molar-refractivity contribution in [3.8, 4) is 5.75 Å². The van der Waals surface area contributed by atoms with E-state index in [2.05, 4.69) is 77.2 Å². The first-order chi connectivity index (χ1) is 21.8. The van der Waals surface area contributed by atoms with E-state index in [1.165, 1.54) is 24.9 Å². The minimum absolute atomic E-state index is 0.110. The summed E-state index contributed by atoms with van der Waals surface area (Å²) in [6.45, 7) is 16.9. The second kappa shape index (κ2) is 13.7. The lowest BCUT2D eigenvalue weighted by atomic mass is 9.69. The molecule has 2 aromatic heterocycles. The van der Waals surface area contributed by atoms with Crippen LogP contribution >= 0.6 is 0 Å². The molecule has 0 saturated carbocycles. The highest BCUT2D eigenvalue weighted by Crippen LogP contribution is 2.50. The van der Waals surface area contributed by atoms with Crippen LogP contribution in [0.3, 0.4) is 0 Å². The SMILES string of the molecule is CC(C)(C)[C]1C(C(C)(C)C)CCN1CCCCOc1ccc2c(Nc3cc(CC(=O)Nc4cccc(F)c4F)[nH]n3)ncnc2c1. The Balaban J connectivity index is 1.12. The number of nitrogens with zero attached hydrogens (tertiary/aromatic N) is 4.